The number of hydrogen-bond donors (Lipinski definition) is 1. The first-order chi connectivity index (χ1) is 10.8. The quantitative estimate of drug-likeness (QED) is 0.603. The van der Waals surface area contributed by atoms with Crippen molar-refractivity contribution in [1.29, 1.82) is 0 Å². The van der Waals surface area contributed by atoms with Crippen molar-refractivity contribution in [1.82, 2.24) is 20.1 Å². The molecule has 1 N–H and O–H groups in total. The Morgan fingerprint density at radius 3 is 3.00 bits per heavy atom. The van der Waals surface area contributed by atoms with Crippen molar-refractivity contribution in [3.05, 3.63) is 42.7 Å². The smallest absolute Gasteiger partial charge is 0.169 e. The molecule has 22 heavy (non-hydrogen) atoms. The van der Waals surface area contributed by atoms with Crippen molar-refractivity contribution in [2.24, 2.45) is 0 Å². The highest BCUT2D eigenvalue weighted by molar-refractivity contribution is 7.80. The maximum absolute atomic E-state index is 5.51. The number of morpholine rings is 1. The molecule has 0 radical (unpaired) electrons. The van der Waals surface area contributed by atoms with Gasteiger partial charge in [0.1, 0.15) is 0 Å². The highest BCUT2D eigenvalue weighted by Gasteiger charge is 2.14. The van der Waals surface area contributed by atoms with Gasteiger partial charge in [-0.05, 0) is 23.8 Å². The molecule has 0 bridgehead atoms. The Balaban J connectivity index is 1.91. The maximum atomic E-state index is 5.51. The van der Waals surface area contributed by atoms with E-state index in [1.165, 1.54) is 0 Å². The van der Waals surface area contributed by atoms with Crippen LogP contribution in [-0.2, 0) is 11.3 Å². The monoisotopic (exact) mass is 320 g/mol. The minimum Gasteiger partial charge on any atom is -0.379 e. The Morgan fingerprint density at radius 1 is 1.50 bits per heavy atom. The minimum atomic E-state index is 0.680. The summed E-state index contributed by atoms with van der Waals surface area (Å²) < 4.78 is 5.39. The predicted molar refractivity (Wildman–Crippen MR) is 92.7 cm³/mol. The van der Waals surface area contributed by atoms with Crippen molar-refractivity contribution in [2.45, 2.75) is 6.54 Å². The number of rotatable bonds is 7. The van der Waals surface area contributed by atoms with Gasteiger partial charge in [0.15, 0.2) is 5.11 Å². The average molecular weight is 320 g/mol. The normalized spacial score (nSPS) is 15.3. The summed E-state index contributed by atoms with van der Waals surface area (Å²) in [6, 6.07) is 4.03. The van der Waals surface area contributed by atoms with Gasteiger partial charge in [0.25, 0.3) is 0 Å². The average Bonchev–Trinajstić information content (AvgIpc) is 2.58. The van der Waals surface area contributed by atoms with E-state index in [4.69, 9.17) is 17.0 Å². The van der Waals surface area contributed by atoms with Crippen molar-refractivity contribution in [3.63, 3.8) is 0 Å². The molecule has 0 amide bonds. The SMILES string of the molecule is C=CCNC(=S)N(CCN1CCOCC1)Cc1cccnc1. The second-order valence-electron chi connectivity index (χ2n) is 5.21. The molecule has 2 rings (SSSR count). The van der Waals surface area contributed by atoms with Gasteiger partial charge >= 0.3 is 0 Å². The van der Waals surface area contributed by atoms with Crippen LogP contribution < -0.4 is 5.32 Å². The summed E-state index contributed by atoms with van der Waals surface area (Å²) in [5.74, 6) is 0. The number of ether oxygens (including phenoxy) is 1. The Bertz CT molecular complexity index is 462. The topological polar surface area (TPSA) is 40.6 Å². The number of pyridine rings is 1. The molecule has 1 aromatic rings. The lowest BCUT2D eigenvalue weighted by Crippen LogP contribution is -2.45. The fourth-order valence-electron chi connectivity index (χ4n) is 2.32. The van der Waals surface area contributed by atoms with Crippen molar-refractivity contribution in [3.8, 4) is 0 Å². The van der Waals surface area contributed by atoms with E-state index in [9.17, 15) is 0 Å². The third kappa shape index (κ3) is 5.71. The molecule has 6 heteroatoms. The summed E-state index contributed by atoms with van der Waals surface area (Å²) in [5, 5.41) is 3.98. The molecule has 0 unspecified atom stereocenters. The molecule has 0 aromatic carbocycles. The van der Waals surface area contributed by atoms with E-state index in [0.717, 1.165) is 56.6 Å². The molecule has 0 aliphatic carbocycles. The van der Waals surface area contributed by atoms with E-state index in [1.54, 1.807) is 6.20 Å². The number of nitrogens with zero attached hydrogens (tertiary/aromatic N) is 3. The second-order valence-corrected chi connectivity index (χ2v) is 5.60. The van der Waals surface area contributed by atoms with Crippen LogP contribution in [0.4, 0.5) is 0 Å². The van der Waals surface area contributed by atoms with Crippen LogP contribution in [0.5, 0.6) is 0 Å². The molecular weight excluding hydrogens is 296 g/mol. The van der Waals surface area contributed by atoms with E-state index in [2.05, 4.69) is 32.7 Å². The number of aromatic nitrogens is 1. The van der Waals surface area contributed by atoms with E-state index in [-0.39, 0.29) is 0 Å². The molecule has 5 nitrogen and oxygen atoms in total. The minimum absolute atomic E-state index is 0.680. The molecule has 0 saturated carbocycles. The van der Waals surface area contributed by atoms with Gasteiger partial charge in [-0.1, -0.05) is 12.1 Å². The highest BCUT2D eigenvalue weighted by atomic mass is 32.1. The molecule has 0 atom stereocenters. The zero-order chi connectivity index (χ0) is 15.6. The summed E-state index contributed by atoms with van der Waals surface area (Å²) in [6.07, 6.45) is 5.49. The van der Waals surface area contributed by atoms with Gasteiger partial charge in [-0.2, -0.15) is 0 Å². The fourth-order valence-corrected chi connectivity index (χ4v) is 2.56. The van der Waals surface area contributed by atoms with E-state index >= 15 is 0 Å². The van der Waals surface area contributed by atoms with Gasteiger partial charge < -0.3 is 15.0 Å². The van der Waals surface area contributed by atoms with Crippen LogP contribution in [0.3, 0.4) is 0 Å². The first-order valence-electron chi connectivity index (χ1n) is 7.62. The van der Waals surface area contributed by atoms with Crippen molar-refractivity contribution >= 4 is 17.3 Å². The summed E-state index contributed by atoms with van der Waals surface area (Å²) in [5.41, 5.74) is 1.16. The van der Waals surface area contributed by atoms with Gasteiger partial charge in [-0.25, -0.2) is 0 Å². The zero-order valence-corrected chi connectivity index (χ0v) is 13.7. The Morgan fingerprint density at radius 2 is 2.32 bits per heavy atom. The van der Waals surface area contributed by atoms with Crippen LogP contribution in [0, 0.1) is 0 Å². The summed E-state index contributed by atoms with van der Waals surface area (Å²) in [6.45, 7) is 10.7. The third-order valence-corrected chi connectivity index (χ3v) is 3.97. The maximum Gasteiger partial charge on any atom is 0.169 e. The van der Waals surface area contributed by atoms with Crippen LogP contribution in [0.2, 0.25) is 0 Å². The molecule has 1 aliphatic heterocycles. The Kier molecular flexibility index (Phi) is 7.28. The number of hydrogen-bond acceptors (Lipinski definition) is 4. The predicted octanol–water partition coefficient (Wildman–Crippen LogP) is 1.28. The Hall–Kier alpha value is -1.50. The molecule has 0 spiro atoms. The van der Waals surface area contributed by atoms with Crippen LogP contribution in [0.25, 0.3) is 0 Å². The zero-order valence-electron chi connectivity index (χ0n) is 12.9. The third-order valence-electron chi connectivity index (χ3n) is 3.57. The summed E-state index contributed by atoms with van der Waals surface area (Å²) >= 11 is 5.51. The second kappa shape index (κ2) is 9.50. The lowest BCUT2D eigenvalue weighted by atomic mass is 10.2. The molecule has 120 valence electrons. The number of nitrogens with one attached hydrogen (secondary N) is 1. The molecular formula is C16H24N4OS. The van der Waals surface area contributed by atoms with Gasteiger partial charge in [0, 0.05) is 51.7 Å². The van der Waals surface area contributed by atoms with Gasteiger partial charge in [-0.15, -0.1) is 6.58 Å². The van der Waals surface area contributed by atoms with E-state index in [0.29, 0.717) is 6.54 Å². The van der Waals surface area contributed by atoms with Gasteiger partial charge in [0.05, 0.1) is 13.2 Å². The lowest BCUT2D eigenvalue weighted by molar-refractivity contribution is 0.0357. The van der Waals surface area contributed by atoms with Crippen LogP contribution in [-0.4, -0.2) is 65.8 Å². The molecule has 1 aliphatic rings. The van der Waals surface area contributed by atoms with Crippen LogP contribution in [0.15, 0.2) is 37.2 Å². The molecule has 1 saturated heterocycles. The standard InChI is InChI=1S/C16H24N4OS/c1-2-5-18-16(22)20(14-15-4-3-6-17-13-15)8-7-19-9-11-21-12-10-19/h2-4,6,13H,1,5,7-12,14H2,(H,18,22). The first kappa shape index (κ1) is 16.9. The first-order valence-corrected chi connectivity index (χ1v) is 8.03. The highest BCUT2D eigenvalue weighted by Crippen LogP contribution is 2.05. The molecule has 1 fully saturated rings. The molecule has 1 aromatic heterocycles. The van der Waals surface area contributed by atoms with Gasteiger partial charge in [0.2, 0.25) is 0 Å². The molecule has 2 heterocycles. The van der Waals surface area contributed by atoms with E-state index in [1.807, 2.05) is 18.3 Å². The number of thiocarbonyl (C=S) groups is 1. The van der Waals surface area contributed by atoms with E-state index < -0.39 is 0 Å². The summed E-state index contributed by atoms with van der Waals surface area (Å²) in [4.78, 5) is 8.77. The largest absolute Gasteiger partial charge is 0.379 e. The summed E-state index contributed by atoms with van der Waals surface area (Å²) in [7, 11) is 0. The van der Waals surface area contributed by atoms with Gasteiger partial charge in [-0.3, -0.25) is 9.88 Å². The van der Waals surface area contributed by atoms with Crippen LogP contribution in [0.1, 0.15) is 5.56 Å². The fraction of sp³-hybridized carbons (Fsp3) is 0.500. The lowest BCUT2D eigenvalue weighted by Gasteiger charge is -2.31. The van der Waals surface area contributed by atoms with Crippen molar-refractivity contribution in [2.75, 3.05) is 45.9 Å². The van der Waals surface area contributed by atoms with Crippen molar-refractivity contribution < 1.29 is 4.74 Å². The van der Waals surface area contributed by atoms with Crippen LogP contribution >= 0.6 is 12.2 Å². The Labute approximate surface area is 138 Å².